The van der Waals surface area contributed by atoms with Crippen molar-refractivity contribution in [3.05, 3.63) is 70.5 Å². The maximum atomic E-state index is 13.5. The van der Waals surface area contributed by atoms with Gasteiger partial charge in [-0.3, -0.25) is 9.59 Å². The summed E-state index contributed by atoms with van der Waals surface area (Å²) >= 11 is 0. The van der Waals surface area contributed by atoms with Gasteiger partial charge in [-0.05, 0) is 69.4 Å². The van der Waals surface area contributed by atoms with Crippen LogP contribution in [0.15, 0.2) is 48.0 Å². The predicted molar refractivity (Wildman–Crippen MR) is 116 cm³/mol. The third kappa shape index (κ3) is 4.61. The van der Waals surface area contributed by atoms with Gasteiger partial charge >= 0.3 is 0 Å². The van der Waals surface area contributed by atoms with Gasteiger partial charge in [-0.2, -0.15) is 0 Å². The van der Waals surface area contributed by atoms with Gasteiger partial charge in [0.25, 0.3) is 11.7 Å². The van der Waals surface area contributed by atoms with Crippen molar-refractivity contribution < 1.29 is 23.8 Å². The highest BCUT2D eigenvalue weighted by atomic mass is 19.1. The number of likely N-dealkylation sites (N-methyl/N-ethyl adjacent to an activating group) is 1. The lowest BCUT2D eigenvalue weighted by Crippen LogP contribution is -2.35. The van der Waals surface area contributed by atoms with E-state index in [4.69, 9.17) is 4.74 Å². The van der Waals surface area contributed by atoms with Gasteiger partial charge in [0.1, 0.15) is 17.3 Å². The van der Waals surface area contributed by atoms with Crippen LogP contribution < -0.4 is 4.74 Å². The molecule has 6 nitrogen and oxygen atoms in total. The number of carbonyl (C=O) groups is 2. The molecule has 1 atom stereocenters. The highest BCUT2D eigenvalue weighted by Crippen LogP contribution is 2.39. The molecule has 1 heterocycles. The summed E-state index contributed by atoms with van der Waals surface area (Å²) in [6.07, 6.45) is 0. The van der Waals surface area contributed by atoms with E-state index in [2.05, 4.69) is 0 Å². The molecule has 0 spiro atoms. The second-order valence-corrected chi connectivity index (χ2v) is 7.76. The van der Waals surface area contributed by atoms with Gasteiger partial charge < -0.3 is 19.6 Å². The number of ketones is 1. The fraction of sp³-hybridized carbons (Fsp3) is 0.333. The van der Waals surface area contributed by atoms with Crippen molar-refractivity contribution >= 4 is 17.4 Å². The number of nitrogens with zero attached hydrogens (tertiary/aromatic N) is 2. The maximum Gasteiger partial charge on any atom is 0.295 e. The van der Waals surface area contributed by atoms with Gasteiger partial charge in [0.2, 0.25) is 0 Å². The fourth-order valence-corrected chi connectivity index (χ4v) is 3.68. The van der Waals surface area contributed by atoms with E-state index in [1.54, 1.807) is 18.2 Å². The summed E-state index contributed by atoms with van der Waals surface area (Å²) < 4.78 is 19.1. The lowest BCUT2D eigenvalue weighted by Gasteiger charge is -2.26. The van der Waals surface area contributed by atoms with Crippen LogP contribution in [-0.4, -0.2) is 60.4 Å². The van der Waals surface area contributed by atoms with Crippen molar-refractivity contribution in [3.8, 4) is 5.75 Å². The molecular weight excluding hydrogens is 399 g/mol. The first kappa shape index (κ1) is 22.5. The van der Waals surface area contributed by atoms with E-state index in [-0.39, 0.29) is 11.3 Å². The standard InChI is InChI=1S/C24H27FN2O4/c1-5-31-19-11-8-17(14-15(19)2)22(28)20-21(16-6-9-18(25)10-7-16)27(13-12-26(3)4)24(30)23(20)29/h6-11,14,21,28H,5,12-13H2,1-4H3/t21-/m1/s1. The predicted octanol–water partition coefficient (Wildman–Crippen LogP) is 3.52. The molecule has 0 aromatic heterocycles. The summed E-state index contributed by atoms with van der Waals surface area (Å²) in [6, 6.07) is 9.93. The SMILES string of the molecule is CCOc1ccc(C(O)=C2C(=O)C(=O)N(CCN(C)C)[C@@H]2c2ccc(F)cc2)cc1C. The van der Waals surface area contributed by atoms with Crippen molar-refractivity contribution in [2.75, 3.05) is 33.8 Å². The first-order chi connectivity index (χ1) is 14.7. The molecule has 2 aromatic rings. The van der Waals surface area contributed by atoms with Crippen molar-refractivity contribution in [2.24, 2.45) is 0 Å². The smallest absolute Gasteiger partial charge is 0.295 e. The van der Waals surface area contributed by atoms with Crippen LogP contribution in [0.25, 0.3) is 5.76 Å². The number of hydrogen-bond donors (Lipinski definition) is 1. The van der Waals surface area contributed by atoms with E-state index in [0.29, 0.717) is 36.6 Å². The Morgan fingerprint density at radius 1 is 1.16 bits per heavy atom. The van der Waals surface area contributed by atoms with Gasteiger partial charge in [0.05, 0.1) is 18.2 Å². The van der Waals surface area contributed by atoms with Gasteiger partial charge in [-0.1, -0.05) is 12.1 Å². The molecule has 1 aliphatic rings. The van der Waals surface area contributed by atoms with Crippen LogP contribution in [0.3, 0.4) is 0 Å². The minimum absolute atomic E-state index is 0.000996. The zero-order valence-corrected chi connectivity index (χ0v) is 18.2. The number of benzene rings is 2. The topological polar surface area (TPSA) is 70.1 Å². The minimum Gasteiger partial charge on any atom is -0.507 e. The molecule has 0 aliphatic carbocycles. The number of hydrogen-bond acceptors (Lipinski definition) is 5. The lowest BCUT2D eigenvalue weighted by atomic mass is 9.94. The quantitative estimate of drug-likeness (QED) is 0.417. The van der Waals surface area contributed by atoms with E-state index in [1.165, 1.54) is 29.2 Å². The van der Waals surface area contributed by atoms with Crippen LogP contribution in [0.4, 0.5) is 4.39 Å². The lowest BCUT2D eigenvalue weighted by molar-refractivity contribution is -0.140. The van der Waals surface area contributed by atoms with E-state index in [1.807, 2.05) is 32.8 Å². The van der Waals surface area contributed by atoms with Crippen LogP contribution in [0.1, 0.15) is 29.7 Å². The van der Waals surface area contributed by atoms with Crippen LogP contribution in [0, 0.1) is 12.7 Å². The van der Waals surface area contributed by atoms with E-state index in [9.17, 15) is 19.1 Å². The summed E-state index contributed by atoms with van der Waals surface area (Å²) in [5.41, 5.74) is 1.77. The fourth-order valence-electron chi connectivity index (χ4n) is 3.68. The molecule has 0 bridgehead atoms. The summed E-state index contributed by atoms with van der Waals surface area (Å²) in [5, 5.41) is 11.1. The summed E-state index contributed by atoms with van der Waals surface area (Å²) in [7, 11) is 3.73. The van der Waals surface area contributed by atoms with Crippen LogP contribution in [0.2, 0.25) is 0 Å². The monoisotopic (exact) mass is 426 g/mol. The first-order valence-electron chi connectivity index (χ1n) is 10.2. The van der Waals surface area contributed by atoms with E-state index >= 15 is 0 Å². The number of likely N-dealkylation sites (tertiary alicyclic amines) is 1. The molecule has 1 aliphatic heterocycles. The van der Waals surface area contributed by atoms with Crippen LogP contribution >= 0.6 is 0 Å². The maximum absolute atomic E-state index is 13.5. The minimum atomic E-state index is -0.799. The molecule has 7 heteroatoms. The van der Waals surface area contributed by atoms with Crippen molar-refractivity contribution in [3.63, 3.8) is 0 Å². The molecule has 1 amide bonds. The molecule has 0 unspecified atom stereocenters. The van der Waals surface area contributed by atoms with Crippen molar-refractivity contribution in [1.82, 2.24) is 9.80 Å². The highest BCUT2D eigenvalue weighted by Gasteiger charge is 2.45. The Morgan fingerprint density at radius 3 is 2.42 bits per heavy atom. The van der Waals surface area contributed by atoms with Gasteiger partial charge in [-0.25, -0.2) is 4.39 Å². The zero-order chi connectivity index (χ0) is 22.7. The summed E-state index contributed by atoms with van der Waals surface area (Å²) in [4.78, 5) is 29.1. The Balaban J connectivity index is 2.12. The molecule has 2 aromatic carbocycles. The third-order valence-electron chi connectivity index (χ3n) is 5.26. The number of aryl methyl sites for hydroxylation is 1. The van der Waals surface area contributed by atoms with Crippen molar-refractivity contribution in [2.45, 2.75) is 19.9 Å². The molecule has 0 radical (unpaired) electrons. The molecule has 3 rings (SSSR count). The van der Waals surface area contributed by atoms with E-state index in [0.717, 1.165) is 5.56 Å². The van der Waals surface area contributed by atoms with Crippen LogP contribution in [0.5, 0.6) is 5.75 Å². The highest BCUT2D eigenvalue weighted by molar-refractivity contribution is 6.46. The Hall–Kier alpha value is -3.19. The number of carbonyl (C=O) groups excluding carboxylic acids is 2. The molecular formula is C24H27FN2O4. The Bertz CT molecular complexity index is 1010. The van der Waals surface area contributed by atoms with Gasteiger partial charge in [0, 0.05) is 18.7 Å². The number of aliphatic hydroxyl groups excluding tert-OH is 1. The normalized spacial score (nSPS) is 18.1. The Kier molecular flexibility index (Phi) is 6.75. The molecule has 0 saturated carbocycles. The molecule has 164 valence electrons. The molecule has 31 heavy (non-hydrogen) atoms. The summed E-state index contributed by atoms with van der Waals surface area (Å²) in [6.45, 7) is 5.06. The van der Waals surface area contributed by atoms with Crippen LogP contribution in [-0.2, 0) is 9.59 Å². The van der Waals surface area contributed by atoms with E-state index < -0.39 is 23.5 Å². The van der Waals surface area contributed by atoms with Gasteiger partial charge in [0.15, 0.2) is 0 Å². The molecule has 1 N–H and O–H groups in total. The third-order valence-corrected chi connectivity index (χ3v) is 5.26. The number of halogens is 1. The van der Waals surface area contributed by atoms with Crippen molar-refractivity contribution in [1.29, 1.82) is 0 Å². The summed E-state index contributed by atoms with van der Waals surface area (Å²) in [5.74, 6) is -1.43. The second kappa shape index (κ2) is 9.31. The van der Waals surface area contributed by atoms with Gasteiger partial charge in [-0.15, -0.1) is 0 Å². The number of aliphatic hydroxyl groups is 1. The average molecular weight is 426 g/mol. The molecule has 1 fully saturated rings. The second-order valence-electron chi connectivity index (χ2n) is 7.76. The largest absolute Gasteiger partial charge is 0.507 e. The Morgan fingerprint density at radius 2 is 1.84 bits per heavy atom. The number of rotatable bonds is 7. The molecule has 1 saturated heterocycles. The zero-order valence-electron chi connectivity index (χ0n) is 18.2. The average Bonchev–Trinajstić information content (AvgIpc) is 2.98. The Labute approximate surface area is 181 Å². The number of ether oxygens (including phenoxy) is 1. The number of Topliss-reactive ketones (excluding diaryl/α,β-unsaturated/α-hetero) is 1. The number of amides is 1. The first-order valence-corrected chi connectivity index (χ1v) is 10.2.